The molecule has 0 fully saturated rings. The first-order valence-corrected chi connectivity index (χ1v) is 7.00. The van der Waals surface area contributed by atoms with Crippen LogP contribution in [0.4, 0.5) is 10.5 Å². The number of hydrogen-bond acceptors (Lipinski definition) is 2. The van der Waals surface area contributed by atoms with E-state index in [0.29, 0.717) is 6.54 Å². The molecule has 0 spiro atoms. The average molecular weight is 271 g/mol. The van der Waals surface area contributed by atoms with E-state index in [9.17, 15) is 4.79 Å². The van der Waals surface area contributed by atoms with Crippen LogP contribution >= 0.6 is 0 Å². The monoisotopic (exact) mass is 271 g/mol. The summed E-state index contributed by atoms with van der Waals surface area (Å²) in [6, 6.07) is 13.8. The van der Waals surface area contributed by atoms with Crippen molar-refractivity contribution in [1.82, 2.24) is 5.32 Å². The van der Waals surface area contributed by atoms with E-state index in [-0.39, 0.29) is 12.1 Å². The van der Waals surface area contributed by atoms with Crippen molar-refractivity contribution in [2.45, 2.75) is 25.8 Å². The standard InChI is InChI=1S/C16H21N3O/c1-2-13(10-11-17)18-16(20)19-15-9-5-7-12-6-3-4-8-14(12)15/h3-9,13H,2,10-11,17H2,1H3,(H2,18,19,20). The fraction of sp³-hybridized carbons (Fsp3) is 0.312. The van der Waals surface area contributed by atoms with E-state index >= 15 is 0 Å². The summed E-state index contributed by atoms with van der Waals surface area (Å²) in [5.41, 5.74) is 6.36. The molecule has 1 unspecified atom stereocenters. The molecule has 0 radical (unpaired) electrons. The molecule has 4 N–H and O–H groups in total. The molecule has 2 amide bonds. The Morgan fingerprint density at radius 2 is 1.95 bits per heavy atom. The summed E-state index contributed by atoms with van der Waals surface area (Å²) in [5.74, 6) is 0. The zero-order valence-corrected chi connectivity index (χ0v) is 11.7. The molecular weight excluding hydrogens is 250 g/mol. The zero-order valence-electron chi connectivity index (χ0n) is 11.7. The second kappa shape index (κ2) is 6.91. The minimum atomic E-state index is -0.179. The predicted molar refractivity (Wildman–Crippen MR) is 83.9 cm³/mol. The van der Waals surface area contributed by atoms with E-state index in [1.165, 1.54) is 0 Å². The minimum absolute atomic E-state index is 0.120. The van der Waals surface area contributed by atoms with Crippen LogP contribution in [0.5, 0.6) is 0 Å². The maximum atomic E-state index is 12.0. The third kappa shape index (κ3) is 3.48. The number of nitrogens with two attached hydrogens (primary N) is 1. The predicted octanol–water partition coefficient (Wildman–Crippen LogP) is 3.09. The van der Waals surface area contributed by atoms with Gasteiger partial charge in [0.05, 0.1) is 5.69 Å². The second-order valence-corrected chi connectivity index (χ2v) is 4.81. The molecule has 0 saturated carbocycles. The third-order valence-electron chi connectivity index (χ3n) is 3.38. The topological polar surface area (TPSA) is 67.1 Å². The van der Waals surface area contributed by atoms with E-state index in [4.69, 9.17) is 5.73 Å². The summed E-state index contributed by atoms with van der Waals surface area (Å²) >= 11 is 0. The largest absolute Gasteiger partial charge is 0.335 e. The summed E-state index contributed by atoms with van der Waals surface area (Å²) in [5, 5.41) is 8.02. The number of benzene rings is 2. The maximum Gasteiger partial charge on any atom is 0.319 e. The molecule has 0 heterocycles. The summed E-state index contributed by atoms with van der Waals surface area (Å²) in [6.45, 7) is 2.62. The Labute approximate surface area is 119 Å². The molecule has 2 aromatic carbocycles. The number of nitrogens with one attached hydrogen (secondary N) is 2. The van der Waals surface area contributed by atoms with Gasteiger partial charge in [0.2, 0.25) is 0 Å². The van der Waals surface area contributed by atoms with Gasteiger partial charge in [-0.25, -0.2) is 4.79 Å². The van der Waals surface area contributed by atoms with Gasteiger partial charge in [0.1, 0.15) is 0 Å². The number of urea groups is 1. The smallest absolute Gasteiger partial charge is 0.319 e. The van der Waals surface area contributed by atoms with Crippen molar-refractivity contribution in [2.75, 3.05) is 11.9 Å². The Morgan fingerprint density at radius 1 is 1.20 bits per heavy atom. The lowest BCUT2D eigenvalue weighted by atomic mass is 10.1. The van der Waals surface area contributed by atoms with Crippen molar-refractivity contribution in [3.8, 4) is 0 Å². The van der Waals surface area contributed by atoms with Crippen molar-refractivity contribution in [3.63, 3.8) is 0 Å². The molecule has 20 heavy (non-hydrogen) atoms. The van der Waals surface area contributed by atoms with Crippen LogP contribution in [0.2, 0.25) is 0 Å². The molecule has 0 aliphatic heterocycles. The van der Waals surface area contributed by atoms with Gasteiger partial charge in [-0.3, -0.25) is 0 Å². The summed E-state index contributed by atoms with van der Waals surface area (Å²) in [7, 11) is 0. The van der Waals surface area contributed by atoms with Crippen LogP contribution in [-0.2, 0) is 0 Å². The first-order chi connectivity index (χ1) is 9.74. The van der Waals surface area contributed by atoms with Crippen LogP contribution in [0.25, 0.3) is 10.8 Å². The summed E-state index contributed by atoms with van der Waals surface area (Å²) in [4.78, 5) is 12.0. The van der Waals surface area contributed by atoms with Crippen LogP contribution in [0, 0.1) is 0 Å². The molecule has 0 saturated heterocycles. The fourth-order valence-corrected chi connectivity index (χ4v) is 2.26. The van der Waals surface area contributed by atoms with Crippen LogP contribution in [0.3, 0.4) is 0 Å². The van der Waals surface area contributed by atoms with Crippen molar-refractivity contribution < 1.29 is 4.79 Å². The van der Waals surface area contributed by atoms with E-state index in [1.807, 2.05) is 49.4 Å². The Morgan fingerprint density at radius 3 is 2.70 bits per heavy atom. The van der Waals surface area contributed by atoms with Crippen molar-refractivity contribution in [1.29, 1.82) is 0 Å². The molecular formula is C16H21N3O. The number of amides is 2. The van der Waals surface area contributed by atoms with Gasteiger partial charge in [0.25, 0.3) is 0 Å². The molecule has 0 aromatic heterocycles. The molecule has 106 valence electrons. The van der Waals surface area contributed by atoms with E-state index in [2.05, 4.69) is 10.6 Å². The molecule has 1 atom stereocenters. The van der Waals surface area contributed by atoms with Gasteiger partial charge >= 0.3 is 6.03 Å². The highest BCUT2D eigenvalue weighted by Crippen LogP contribution is 2.22. The van der Waals surface area contributed by atoms with Crippen LogP contribution in [0.15, 0.2) is 42.5 Å². The second-order valence-electron chi connectivity index (χ2n) is 4.81. The van der Waals surface area contributed by atoms with Gasteiger partial charge in [-0.05, 0) is 30.8 Å². The van der Waals surface area contributed by atoms with Crippen molar-refractivity contribution >= 4 is 22.5 Å². The number of hydrogen-bond donors (Lipinski definition) is 3. The fourth-order valence-electron chi connectivity index (χ4n) is 2.26. The van der Waals surface area contributed by atoms with Gasteiger partial charge in [-0.2, -0.15) is 0 Å². The van der Waals surface area contributed by atoms with Crippen LogP contribution in [0.1, 0.15) is 19.8 Å². The molecule has 4 nitrogen and oxygen atoms in total. The molecule has 4 heteroatoms. The van der Waals surface area contributed by atoms with E-state index < -0.39 is 0 Å². The van der Waals surface area contributed by atoms with Crippen molar-refractivity contribution in [2.24, 2.45) is 5.73 Å². The molecule has 0 aliphatic carbocycles. The zero-order chi connectivity index (χ0) is 14.4. The third-order valence-corrected chi connectivity index (χ3v) is 3.38. The first-order valence-electron chi connectivity index (χ1n) is 7.00. The minimum Gasteiger partial charge on any atom is -0.335 e. The Balaban J connectivity index is 2.10. The number of carbonyl (C=O) groups is 1. The highest BCUT2D eigenvalue weighted by atomic mass is 16.2. The summed E-state index contributed by atoms with van der Waals surface area (Å²) in [6.07, 6.45) is 1.67. The number of carbonyl (C=O) groups excluding carboxylic acids is 1. The molecule has 2 rings (SSSR count). The molecule has 0 aliphatic rings. The van der Waals surface area contributed by atoms with Crippen LogP contribution < -0.4 is 16.4 Å². The van der Waals surface area contributed by atoms with Gasteiger partial charge in [0, 0.05) is 11.4 Å². The number of rotatable bonds is 5. The van der Waals surface area contributed by atoms with E-state index in [0.717, 1.165) is 29.3 Å². The molecule has 0 bridgehead atoms. The first kappa shape index (κ1) is 14.3. The lowest BCUT2D eigenvalue weighted by Crippen LogP contribution is -2.38. The lowest BCUT2D eigenvalue weighted by molar-refractivity contribution is 0.247. The van der Waals surface area contributed by atoms with Gasteiger partial charge < -0.3 is 16.4 Å². The highest BCUT2D eigenvalue weighted by molar-refractivity contribution is 6.01. The Hall–Kier alpha value is -2.07. The highest BCUT2D eigenvalue weighted by Gasteiger charge is 2.10. The SMILES string of the molecule is CCC(CCN)NC(=O)Nc1cccc2ccccc12. The maximum absolute atomic E-state index is 12.0. The summed E-state index contributed by atoms with van der Waals surface area (Å²) < 4.78 is 0. The Kier molecular flexibility index (Phi) is 4.96. The number of anilines is 1. The normalized spacial score (nSPS) is 12.1. The Bertz CT molecular complexity index is 577. The number of fused-ring (bicyclic) bond motifs is 1. The van der Waals surface area contributed by atoms with E-state index in [1.54, 1.807) is 0 Å². The van der Waals surface area contributed by atoms with Crippen molar-refractivity contribution in [3.05, 3.63) is 42.5 Å². The molecule has 2 aromatic rings. The quantitative estimate of drug-likeness (QED) is 0.782. The van der Waals surface area contributed by atoms with Gasteiger partial charge in [-0.1, -0.05) is 43.3 Å². The van der Waals surface area contributed by atoms with Gasteiger partial charge in [0.15, 0.2) is 0 Å². The lowest BCUT2D eigenvalue weighted by Gasteiger charge is -2.17. The van der Waals surface area contributed by atoms with Crippen LogP contribution in [-0.4, -0.2) is 18.6 Å². The average Bonchev–Trinajstić information content (AvgIpc) is 2.47. The van der Waals surface area contributed by atoms with Gasteiger partial charge in [-0.15, -0.1) is 0 Å².